The van der Waals surface area contributed by atoms with E-state index >= 15 is 0 Å². The molecule has 14 heteroatoms. The van der Waals surface area contributed by atoms with Crippen molar-refractivity contribution in [2.75, 3.05) is 13.2 Å². The normalized spacial score (nSPS) is 22.4. The Kier molecular flexibility index (Phi) is 30.5. The van der Waals surface area contributed by atoms with Gasteiger partial charge in [-0.05, 0) is 38.5 Å². The van der Waals surface area contributed by atoms with Crippen LogP contribution in [-0.4, -0.2) is 107 Å². The molecular weight excluding hydrogens is 731 g/mol. The summed E-state index contributed by atoms with van der Waals surface area (Å²) >= 11 is 0. The maximum absolute atomic E-state index is 13.0. The molecule has 0 bridgehead atoms. The van der Waals surface area contributed by atoms with Crippen molar-refractivity contribution in [3.8, 4) is 0 Å². The van der Waals surface area contributed by atoms with Gasteiger partial charge in [0.15, 0.2) is 6.29 Å². The second kappa shape index (κ2) is 32.5. The van der Waals surface area contributed by atoms with Crippen LogP contribution in [0.15, 0.2) is 24.3 Å². The molecule has 0 aromatic carbocycles. The minimum absolute atomic E-state index is 0.254. The molecule has 8 atom stereocenters. The van der Waals surface area contributed by atoms with Crippen molar-refractivity contribution in [3.63, 3.8) is 0 Å². The van der Waals surface area contributed by atoms with Crippen molar-refractivity contribution in [2.24, 2.45) is 0 Å². The number of carbonyl (C=O) groups excluding carboxylic acids is 1. The third-order valence-electron chi connectivity index (χ3n) is 10.1. The Morgan fingerprint density at radius 2 is 1.20 bits per heavy atom. The van der Waals surface area contributed by atoms with E-state index in [1.807, 2.05) is 0 Å². The van der Waals surface area contributed by atoms with Gasteiger partial charge in [-0.1, -0.05) is 154 Å². The van der Waals surface area contributed by atoms with E-state index in [0.717, 1.165) is 64.2 Å². The number of carbonyl (C=O) groups is 1. The van der Waals surface area contributed by atoms with E-state index in [4.69, 9.17) is 14.0 Å². The molecule has 0 spiro atoms. The highest BCUT2D eigenvalue weighted by atomic mass is 32.3. The Morgan fingerprint density at radius 3 is 1.73 bits per heavy atom. The van der Waals surface area contributed by atoms with Gasteiger partial charge in [0.1, 0.15) is 30.5 Å². The van der Waals surface area contributed by atoms with E-state index < -0.39 is 78.5 Å². The number of unbranched alkanes of at least 4 members (excludes halogenated alkanes) is 19. The van der Waals surface area contributed by atoms with E-state index in [-0.39, 0.29) is 6.42 Å². The average Bonchev–Trinajstić information content (AvgIpc) is 3.15. The number of hydrogen-bond donors (Lipinski definition) is 7. The molecule has 1 saturated heterocycles. The van der Waals surface area contributed by atoms with Crippen LogP contribution in [-0.2, 0) is 28.9 Å². The smallest absolute Gasteiger partial charge is 0.394 e. The molecule has 0 radical (unpaired) electrons. The maximum atomic E-state index is 13.0. The maximum Gasteiger partial charge on any atom is 0.397 e. The highest BCUT2D eigenvalue weighted by Crippen LogP contribution is 2.26. The topological polar surface area (TPSA) is 212 Å². The molecule has 0 aliphatic carbocycles. The standard InChI is InChI=1S/C41H77NO12S/c1-3-5-7-9-11-13-14-15-16-17-18-19-20-21-22-24-26-28-30-35(45)40(48)42-33(34(44)29-27-25-23-12-10-8-6-4-2)32-52-41-38(47)39(54-55(49,50)51)37(46)36(31-43)53-41/h11,13-15,33-39,41,43-47H,3-10,12,16-32H2,1-2H3,(H,42,48)(H,49,50,51)/b13-11-,15-14-. The summed E-state index contributed by atoms with van der Waals surface area (Å²) in [5.41, 5.74) is 0. The molecule has 1 heterocycles. The van der Waals surface area contributed by atoms with Crippen molar-refractivity contribution in [3.05, 3.63) is 24.3 Å². The monoisotopic (exact) mass is 808 g/mol. The lowest BCUT2D eigenvalue weighted by Crippen LogP contribution is -2.61. The Morgan fingerprint density at radius 1 is 0.727 bits per heavy atom. The zero-order chi connectivity index (χ0) is 40.7. The van der Waals surface area contributed by atoms with Crippen LogP contribution in [0.5, 0.6) is 0 Å². The number of ether oxygens (including phenoxy) is 2. The Hall–Kier alpha value is -1.46. The van der Waals surface area contributed by atoms with Gasteiger partial charge in [0.25, 0.3) is 0 Å². The van der Waals surface area contributed by atoms with Gasteiger partial charge in [0.05, 0.1) is 25.4 Å². The van der Waals surface area contributed by atoms with Crippen molar-refractivity contribution in [1.29, 1.82) is 0 Å². The highest BCUT2D eigenvalue weighted by Gasteiger charge is 2.48. The lowest BCUT2D eigenvalue weighted by molar-refractivity contribution is -0.298. The third kappa shape index (κ3) is 25.5. The average molecular weight is 808 g/mol. The predicted octanol–water partition coefficient (Wildman–Crippen LogP) is 6.35. The van der Waals surface area contributed by atoms with Gasteiger partial charge in [-0.25, -0.2) is 4.18 Å². The van der Waals surface area contributed by atoms with Crippen LogP contribution in [0.2, 0.25) is 0 Å². The number of allylic oxidation sites excluding steroid dienone is 4. The van der Waals surface area contributed by atoms with Crippen LogP contribution in [0.4, 0.5) is 0 Å². The van der Waals surface area contributed by atoms with Crippen molar-refractivity contribution in [2.45, 2.75) is 217 Å². The minimum Gasteiger partial charge on any atom is -0.394 e. The van der Waals surface area contributed by atoms with Crippen LogP contribution in [0, 0.1) is 0 Å². The van der Waals surface area contributed by atoms with Gasteiger partial charge >= 0.3 is 10.4 Å². The summed E-state index contributed by atoms with van der Waals surface area (Å²) in [6.45, 7) is 3.18. The van der Waals surface area contributed by atoms with E-state index in [2.05, 4.69) is 47.7 Å². The number of hydrogen-bond acceptors (Lipinski definition) is 11. The molecule has 0 aromatic rings. The molecule has 324 valence electrons. The summed E-state index contributed by atoms with van der Waals surface area (Å²) in [4.78, 5) is 13.0. The summed E-state index contributed by atoms with van der Waals surface area (Å²) in [5.74, 6) is -0.678. The number of rotatable bonds is 35. The van der Waals surface area contributed by atoms with Gasteiger partial charge in [-0.2, -0.15) is 8.42 Å². The van der Waals surface area contributed by atoms with Gasteiger partial charge in [0, 0.05) is 0 Å². The fraction of sp³-hybridized carbons (Fsp3) is 0.878. The first-order chi connectivity index (χ1) is 26.4. The second-order valence-corrected chi connectivity index (χ2v) is 16.1. The van der Waals surface area contributed by atoms with Crippen molar-refractivity contribution >= 4 is 16.3 Å². The number of aliphatic hydroxyl groups excluding tert-OH is 5. The summed E-state index contributed by atoms with van der Waals surface area (Å²) in [6, 6.07) is -1.03. The molecule has 13 nitrogen and oxygen atoms in total. The molecule has 0 aromatic heterocycles. The molecule has 1 amide bonds. The Balaban J connectivity index is 2.53. The molecule has 0 saturated carbocycles. The van der Waals surface area contributed by atoms with Gasteiger partial charge in [-0.3, -0.25) is 9.35 Å². The summed E-state index contributed by atoms with van der Waals surface area (Å²) in [6.07, 6.45) is 22.5. The first kappa shape index (κ1) is 51.6. The molecule has 8 unspecified atom stereocenters. The van der Waals surface area contributed by atoms with Crippen LogP contribution in [0.3, 0.4) is 0 Å². The van der Waals surface area contributed by atoms with E-state index in [9.17, 15) is 38.7 Å². The summed E-state index contributed by atoms with van der Waals surface area (Å²) < 4.78 is 47.3. The number of aliphatic hydroxyl groups is 5. The van der Waals surface area contributed by atoms with Crippen LogP contribution in [0.25, 0.3) is 0 Å². The molecule has 7 N–H and O–H groups in total. The third-order valence-corrected chi connectivity index (χ3v) is 10.6. The zero-order valence-electron chi connectivity index (χ0n) is 33.9. The highest BCUT2D eigenvalue weighted by molar-refractivity contribution is 7.80. The Labute approximate surface area is 332 Å². The van der Waals surface area contributed by atoms with Crippen LogP contribution >= 0.6 is 0 Å². The molecule has 1 rings (SSSR count). The molecular formula is C41H77NO12S. The second-order valence-electron chi connectivity index (χ2n) is 15.1. The lowest BCUT2D eigenvalue weighted by atomic mass is 9.99. The number of nitrogens with one attached hydrogen (secondary N) is 1. The van der Waals surface area contributed by atoms with Gasteiger partial charge in [-0.15, -0.1) is 0 Å². The van der Waals surface area contributed by atoms with E-state index in [1.54, 1.807) is 0 Å². The van der Waals surface area contributed by atoms with Crippen molar-refractivity contribution < 1.29 is 57.0 Å². The Bertz CT molecular complexity index is 1110. The van der Waals surface area contributed by atoms with Gasteiger partial charge < -0.3 is 40.3 Å². The largest absolute Gasteiger partial charge is 0.397 e. The van der Waals surface area contributed by atoms with Crippen LogP contribution < -0.4 is 5.32 Å². The number of amides is 1. The predicted molar refractivity (Wildman–Crippen MR) is 215 cm³/mol. The molecule has 1 aliphatic rings. The first-order valence-corrected chi connectivity index (χ1v) is 22.7. The summed E-state index contributed by atoms with van der Waals surface area (Å²) in [7, 11) is -5.10. The van der Waals surface area contributed by atoms with Crippen molar-refractivity contribution in [1.82, 2.24) is 5.32 Å². The fourth-order valence-electron chi connectivity index (χ4n) is 6.69. The quantitative estimate of drug-likeness (QED) is 0.0212. The van der Waals surface area contributed by atoms with E-state index in [0.29, 0.717) is 19.3 Å². The minimum atomic E-state index is -5.10. The molecule has 1 aliphatic heterocycles. The fourth-order valence-corrected chi connectivity index (χ4v) is 7.20. The van der Waals surface area contributed by atoms with Crippen LogP contribution in [0.1, 0.15) is 168 Å². The first-order valence-electron chi connectivity index (χ1n) is 21.3. The summed E-state index contributed by atoms with van der Waals surface area (Å²) in [5, 5.41) is 55.0. The van der Waals surface area contributed by atoms with Gasteiger partial charge in [0.2, 0.25) is 5.91 Å². The molecule has 1 fully saturated rings. The lowest BCUT2D eigenvalue weighted by Gasteiger charge is -2.41. The SMILES string of the molecule is CCCCC/C=C\C=C/CCCCCCCCCCCC(O)C(=O)NC(COC1OC(CO)C(O)C(OS(=O)(=O)O)C1O)C(O)CCCCCCCCCC. The molecule has 55 heavy (non-hydrogen) atoms. The zero-order valence-corrected chi connectivity index (χ0v) is 34.7. The van der Waals surface area contributed by atoms with E-state index in [1.165, 1.54) is 64.2 Å².